The van der Waals surface area contributed by atoms with E-state index in [1.54, 1.807) is 6.33 Å². The number of ether oxygens (including phenoxy) is 1. The van der Waals surface area contributed by atoms with Gasteiger partial charge in [0.2, 0.25) is 0 Å². The molecule has 1 aromatic carbocycles. The SMILES string of the molecule is Brc1ccc(OCCNc2cc(N3CCSCC3)ncn2)cc1. The van der Waals surface area contributed by atoms with Gasteiger partial charge in [0, 0.05) is 35.1 Å². The van der Waals surface area contributed by atoms with Gasteiger partial charge in [-0.2, -0.15) is 11.8 Å². The predicted octanol–water partition coefficient (Wildman–Crippen LogP) is 3.28. The van der Waals surface area contributed by atoms with Crippen molar-refractivity contribution >= 4 is 39.3 Å². The van der Waals surface area contributed by atoms with Crippen molar-refractivity contribution in [3.8, 4) is 5.75 Å². The number of nitrogens with zero attached hydrogens (tertiary/aromatic N) is 3. The van der Waals surface area contributed by atoms with Crippen molar-refractivity contribution in [1.82, 2.24) is 9.97 Å². The summed E-state index contributed by atoms with van der Waals surface area (Å²) in [7, 11) is 0. The van der Waals surface area contributed by atoms with Crippen molar-refractivity contribution < 1.29 is 4.74 Å². The van der Waals surface area contributed by atoms with E-state index in [1.165, 1.54) is 0 Å². The average molecular weight is 395 g/mol. The molecule has 1 aliphatic heterocycles. The first-order chi connectivity index (χ1) is 11.3. The van der Waals surface area contributed by atoms with Crippen molar-refractivity contribution in [2.24, 2.45) is 0 Å². The van der Waals surface area contributed by atoms with Crippen molar-refractivity contribution in [2.45, 2.75) is 0 Å². The Morgan fingerprint density at radius 1 is 1.17 bits per heavy atom. The number of hydrogen-bond acceptors (Lipinski definition) is 6. The maximum Gasteiger partial charge on any atom is 0.134 e. The molecule has 0 aliphatic carbocycles. The van der Waals surface area contributed by atoms with Gasteiger partial charge in [-0.05, 0) is 24.3 Å². The zero-order valence-corrected chi connectivity index (χ0v) is 15.1. The van der Waals surface area contributed by atoms with E-state index in [1.807, 2.05) is 42.1 Å². The summed E-state index contributed by atoms with van der Waals surface area (Å²) in [5, 5.41) is 3.29. The third-order valence-corrected chi connectivity index (χ3v) is 4.95. The molecule has 1 N–H and O–H groups in total. The lowest BCUT2D eigenvalue weighted by Crippen LogP contribution is -2.33. The van der Waals surface area contributed by atoms with E-state index in [4.69, 9.17) is 4.74 Å². The smallest absolute Gasteiger partial charge is 0.134 e. The maximum atomic E-state index is 5.69. The van der Waals surface area contributed by atoms with E-state index in [0.29, 0.717) is 13.2 Å². The van der Waals surface area contributed by atoms with Crippen LogP contribution in [0.3, 0.4) is 0 Å². The van der Waals surface area contributed by atoms with Crippen molar-refractivity contribution in [1.29, 1.82) is 0 Å². The van der Waals surface area contributed by atoms with E-state index in [9.17, 15) is 0 Å². The van der Waals surface area contributed by atoms with Crippen molar-refractivity contribution in [3.63, 3.8) is 0 Å². The minimum atomic E-state index is 0.585. The molecule has 5 nitrogen and oxygen atoms in total. The molecule has 0 atom stereocenters. The summed E-state index contributed by atoms with van der Waals surface area (Å²) in [4.78, 5) is 11.0. The van der Waals surface area contributed by atoms with E-state index in [-0.39, 0.29) is 0 Å². The lowest BCUT2D eigenvalue weighted by molar-refractivity contribution is 0.332. The van der Waals surface area contributed by atoms with Crippen LogP contribution in [-0.2, 0) is 0 Å². The summed E-state index contributed by atoms with van der Waals surface area (Å²) in [6.45, 7) is 3.38. The second-order valence-corrected chi connectivity index (χ2v) is 7.23. The minimum absolute atomic E-state index is 0.585. The molecule has 1 fully saturated rings. The first-order valence-electron chi connectivity index (χ1n) is 7.58. The standard InChI is InChI=1S/C16H19BrN4OS/c17-13-1-3-14(4-2-13)22-8-5-18-15-11-16(20-12-19-15)21-6-9-23-10-7-21/h1-4,11-12H,5-10H2,(H,18,19,20). The summed E-state index contributed by atoms with van der Waals surface area (Å²) in [6, 6.07) is 9.84. The van der Waals surface area contributed by atoms with Crippen LogP contribution in [0.4, 0.5) is 11.6 Å². The summed E-state index contributed by atoms with van der Waals surface area (Å²) in [5.74, 6) is 5.02. The fraction of sp³-hybridized carbons (Fsp3) is 0.375. The van der Waals surface area contributed by atoms with E-state index in [0.717, 1.165) is 46.5 Å². The number of rotatable bonds is 6. The summed E-state index contributed by atoms with van der Waals surface area (Å²) in [5.41, 5.74) is 0. The monoisotopic (exact) mass is 394 g/mol. The van der Waals surface area contributed by atoms with Gasteiger partial charge in [-0.3, -0.25) is 0 Å². The highest BCUT2D eigenvalue weighted by atomic mass is 79.9. The quantitative estimate of drug-likeness (QED) is 0.758. The molecule has 1 saturated heterocycles. The molecular formula is C16H19BrN4OS. The second-order valence-electron chi connectivity index (χ2n) is 5.09. The normalized spacial score (nSPS) is 14.6. The zero-order chi connectivity index (χ0) is 15.9. The molecule has 0 radical (unpaired) electrons. The zero-order valence-electron chi connectivity index (χ0n) is 12.7. The van der Waals surface area contributed by atoms with Gasteiger partial charge >= 0.3 is 0 Å². The van der Waals surface area contributed by atoms with Crippen molar-refractivity contribution in [3.05, 3.63) is 41.1 Å². The molecule has 7 heteroatoms. The van der Waals surface area contributed by atoms with Gasteiger partial charge in [0.25, 0.3) is 0 Å². The Bertz CT molecular complexity index is 620. The molecule has 3 rings (SSSR count). The molecule has 2 aromatic rings. The number of nitrogens with one attached hydrogen (secondary N) is 1. The van der Waals surface area contributed by atoms with Crippen LogP contribution in [0.15, 0.2) is 41.1 Å². The molecule has 0 unspecified atom stereocenters. The average Bonchev–Trinajstić information content (AvgIpc) is 2.61. The molecule has 122 valence electrons. The van der Waals surface area contributed by atoms with Gasteiger partial charge in [-0.15, -0.1) is 0 Å². The minimum Gasteiger partial charge on any atom is -0.492 e. The lowest BCUT2D eigenvalue weighted by Gasteiger charge is -2.27. The van der Waals surface area contributed by atoms with Crippen LogP contribution in [-0.4, -0.2) is 47.7 Å². The van der Waals surface area contributed by atoms with Gasteiger partial charge in [-0.25, -0.2) is 9.97 Å². The molecule has 2 heterocycles. The third kappa shape index (κ3) is 5.00. The summed E-state index contributed by atoms with van der Waals surface area (Å²) >= 11 is 5.40. The first-order valence-corrected chi connectivity index (χ1v) is 9.53. The molecular weight excluding hydrogens is 376 g/mol. The van der Waals surface area contributed by atoms with Gasteiger partial charge in [0.1, 0.15) is 30.3 Å². The molecule has 0 spiro atoms. The molecule has 1 aromatic heterocycles. The molecule has 1 aliphatic rings. The molecule has 0 bridgehead atoms. The van der Waals surface area contributed by atoms with Crippen LogP contribution in [0.5, 0.6) is 5.75 Å². The number of halogens is 1. The van der Waals surface area contributed by atoms with Crippen LogP contribution < -0.4 is 15.0 Å². The number of benzene rings is 1. The number of aromatic nitrogens is 2. The van der Waals surface area contributed by atoms with Crippen molar-refractivity contribution in [2.75, 3.05) is 48.0 Å². The van der Waals surface area contributed by atoms with Crippen LogP contribution in [0.2, 0.25) is 0 Å². The van der Waals surface area contributed by atoms with E-state index < -0.39 is 0 Å². The Kier molecular flexibility index (Phi) is 5.99. The van der Waals surface area contributed by atoms with Gasteiger partial charge in [0.15, 0.2) is 0 Å². The highest BCUT2D eigenvalue weighted by Gasteiger charge is 2.12. The molecule has 0 saturated carbocycles. The highest BCUT2D eigenvalue weighted by Crippen LogP contribution is 2.19. The molecule has 0 amide bonds. The Balaban J connectivity index is 1.47. The Morgan fingerprint density at radius 2 is 1.96 bits per heavy atom. The summed E-state index contributed by atoms with van der Waals surface area (Å²) in [6.07, 6.45) is 1.62. The Hall–Kier alpha value is -1.47. The number of thioether (sulfide) groups is 1. The largest absolute Gasteiger partial charge is 0.492 e. The lowest BCUT2D eigenvalue weighted by atomic mass is 10.3. The van der Waals surface area contributed by atoms with Crippen LogP contribution >= 0.6 is 27.7 Å². The van der Waals surface area contributed by atoms with Gasteiger partial charge in [0.05, 0.1) is 6.54 Å². The van der Waals surface area contributed by atoms with E-state index in [2.05, 4.69) is 36.1 Å². The third-order valence-electron chi connectivity index (χ3n) is 3.48. The van der Waals surface area contributed by atoms with Crippen LogP contribution in [0.1, 0.15) is 0 Å². The van der Waals surface area contributed by atoms with Crippen LogP contribution in [0.25, 0.3) is 0 Å². The maximum absolute atomic E-state index is 5.69. The topological polar surface area (TPSA) is 50.3 Å². The Morgan fingerprint density at radius 3 is 2.74 bits per heavy atom. The number of hydrogen-bond donors (Lipinski definition) is 1. The van der Waals surface area contributed by atoms with Gasteiger partial charge < -0.3 is 15.0 Å². The highest BCUT2D eigenvalue weighted by molar-refractivity contribution is 9.10. The van der Waals surface area contributed by atoms with E-state index >= 15 is 0 Å². The first kappa shape index (κ1) is 16.4. The predicted molar refractivity (Wildman–Crippen MR) is 99.7 cm³/mol. The Labute approximate surface area is 149 Å². The number of anilines is 2. The fourth-order valence-electron chi connectivity index (χ4n) is 2.29. The second kappa shape index (κ2) is 8.40. The fourth-order valence-corrected chi connectivity index (χ4v) is 3.46. The molecule has 23 heavy (non-hydrogen) atoms. The summed E-state index contributed by atoms with van der Waals surface area (Å²) < 4.78 is 6.74. The van der Waals surface area contributed by atoms with Crippen LogP contribution in [0, 0.1) is 0 Å². The van der Waals surface area contributed by atoms with Gasteiger partial charge in [-0.1, -0.05) is 15.9 Å².